The van der Waals surface area contributed by atoms with Gasteiger partial charge in [-0.1, -0.05) is 34.1 Å². The van der Waals surface area contributed by atoms with E-state index in [0.717, 1.165) is 23.2 Å². The SMILES string of the molecule is FC(F)(F)C(F)(F)C(F)(F)C(F)(F)/C(=N/N1CCOCC1)c1ccccc1Br. The molecule has 0 amide bonds. The third kappa shape index (κ3) is 3.95. The molecule has 0 spiro atoms. The molecule has 1 aliphatic rings. The molecule has 0 unspecified atom stereocenters. The van der Waals surface area contributed by atoms with Crippen molar-refractivity contribution in [3.05, 3.63) is 34.3 Å². The van der Waals surface area contributed by atoms with Gasteiger partial charge in [-0.3, -0.25) is 5.01 Å². The molecule has 0 aliphatic carbocycles. The molecular formula is C15H12BrF9N2O. The van der Waals surface area contributed by atoms with Crippen molar-refractivity contribution in [1.82, 2.24) is 5.01 Å². The van der Waals surface area contributed by atoms with Crippen molar-refractivity contribution in [3.8, 4) is 0 Å². The lowest BCUT2D eigenvalue weighted by molar-refractivity contribution is -0.384. The first-order valence-electron chi connectivity index (χ1n) is 7.60. The minimum absolute atomic E-state index is 0.0204. The van der Waals surface area contributed by atoms with Crippen molar-refractivity contribution in [1.29, 1.82) is 0 Å². The Morgan fingerprint density at radius 2 is 1.43 bits per heavy atom. The summed E-state index contributed by atoms with van der Waals surface area (Å²) < 4.78 is 126. The van der Waals surface area contributed by atoms with E-state index >= 15 is 0 Å². The number of benzene rings is 1. The van der Waals surface area contributed by atoms with Crippen LogP contribution in [0.3, 0.4) is 0 Å². The Morgan fingerprint density at radius 1 is 0.893 bits per heavy atom. The predicted octanol–water partition coefficient (Wildman–Crippen LogP) is 4.95. The molecule has 0 N–H and O–H groups in total. The lowest BCUT2D eigenvalue weighted by Gasteiger charge is -2.35. The smallest absolute Gasteiger partial charge is 0.378 e. The highest BCUT2D eigenvalue weighted by Crippen LogP contribution is 2.54. The van der Waals surface area contributed by atoms with Crippen LogP contribution in [0.15, 0.2) is 33.8 Å². The number of morpholine rings is 1. The highest BCUT2D eigenvalue weighted by Gasteiger charge is 2.83. The van der Waals surface area contributed by atoms with Gasteiger partial charge < -0.3 is 4.74 Å². The molecule has 0 saturated carbocycles. The quantitative estimate of drug-likeness (QED) is 0.434. The first-order valence-corrected chi connectivity index (χ1v) is 8.39. The molecule has 1 aromatic carbocycles. The molecule has 1 saturated heterocycles. The summed E-state index contributed by atoms with van der Waals surface area (Å²) in [6.45, 7) is -0.336. The summed E-state index contributed by atoms with van der Waals surface area (Å²) in [4.78, 5) is 0. The summed E-state index contributed by atoms with van der Waals surface area (Å²) in [5, 5.41) is 4.15. The molecule has 1 aliphatic heterocycles. The van der Waals surface area contributed by atoms with Gasteiger partial charge in [-0.25, -0.2) is 0 Å². The van der Waals surface area contributed by atoms with Gasteiger partial charge in [0.1, 0.15) is 5.71 Å². The predicted molar refractivity (Wildman–Crippen MR) is 84.0 cm³/mol. The average molecular weight is 487 g/mol. The number of rotatable bonds is 5. The van der Waals surface area contributed by atoms with Crippen LogP contribution in [0.1, 0.15) is 5.56 Å². The zero-order valence-corrected chi connectivity index (χ0v) is 15.3. The maximum Gasteiger partial charge on any atom is 0.460 e. The standard InChI is InChI=1S/C15H12BrF9N2O/c16-10-4-2-1-3-9(10)11(26-27-5-7-28-8-6-27)12(17,18)13(19,20)14(21,22)15(23,24)25/h1-4H,5-8H2/b26-11+. The van der Waals surface area contributed by atoms with Gasteiger partial charge in [0, 0.05) is 10.0 Å². The van der Waals surface area contributed by atoms with Crippen LogP contribution >= 0.6 is 15.9 Å². The Balaban J connectivity index is 2.64. The van der Waals surface area contributed by atoms with Gasteiger partial charge in [-0.2, -0.15) is 44.6 Å². The van der Waals surface area contributed by atoms with Crippen molar-refractivity contribution < 1.29 is 44.3 Å². The second-order valence-corrected chi connectivity index (χ2v) is 6.57. The van der Waals surface area contributed by atoms with Gasteiger partial charge in [-0.05, 0) is 6.07 Å². The molecule has 0 bridgehead atoms. The number of alkyl halides is 9. The summed E-state index contributed by atoms with van der Waals surface area (Å²) >= 11 is 2.80. The highest BCUT2D eigenvalue weighted by atomic mass is 79.9. The van der Waals surface area contributed by atoms with Gasteiger partial charge in [0.2, 0.25) is 0 Å². The van der Waals surface area contributed by atoms with Crippen LogP contribution in [0.4, 0.5) is 39.5 Å². The zero-order chi connectivity index (χ0) is 21.4. The van der Waals surface area contributed by atoms with Crippen LogP contribution in [0.2, 0.25) is 0 Å². The van der Waals surface area contributed by atoms with Crippen LogP contribution in [0, 0.1) is 0 Å². The Labute approximate surface area is 161 Å². The van der Waals surface area contributed by atoms with Crippen LogP contribution in [-0.4, -0.2) is 61.0 Å². The highest BCUT2D eigenvalue weighted by molar-refractivity contribution is 9.10. The summed E-state index contributed by atoms with van der Waals surface area (Å²) in [7, 11) is 0. The van der Waals surface area contributed by atoms with E-state index < -0.39 is 35.2 Å². The average Bonchev–Trinajstić information content (AvgIpc) is 2.60. The van der Waals surface area contributed by atoms with Gasteiger partial charge in [0.05, 0.1) is 26.3 Å². The summed E-state index contributed by atoms with van der Waals surface area (Å²) in [6.07, 6.45) is -6.90. The fourth-order valence-electron chi connectivity index (χ4n) is 2.26. The summed E-state index contributed by atoms with van der Waals surface area (Å²) in [5.41, 5.74) is -2.67. The molecule has 2 rings (SSSR count). The zero-order valence-electron chi connectivity index (χ0n) is 13.7. The molecule has 1 heterocycles. The lowest BCUT2D eigenvalue weighted by Crippen LogP contribution is -2.63. The molecule has 28 heavy (non-hydrogen) atoms. The summed E-state index contributed by atoms with van der Waals surface area (Å²) in [5.74, 6) is -19.8. The van der Waals surface area contributed by atoms with Gasteiger partial charge in [0.25, 0.3) is 0 Å². The van der Waals surface area contributed by atoms with Crippen molar-refractivity contribution in [3.63, 3.8) is 0 Å². The molecule has 0 radical (unpaired) electrons. The van der Waals surface area contributed by atoms with Crippen molar-refractivity contribution in [2.45, 2.75) is 23.9 Å². The third-order valence-electron chi connectivity index (χ3n) is 3.80. The molecular weight excluding hydrogens is 475 g/mol. The topological polar surface area (TPSA) is 24.8 Å². The molecule has 0 atom stereocenters. The fourth-order valence-corrected chi connectivity index (χ4v) is 2.73. The van der Waals surface area contributed by atoms with Crippen LogP contribution in [0.5, 0.6) is 0 Å². The third-order valence-corrected chi connectivity index (χ3v) is 4.49. The van der Waals surface area contributed by atoms with E-state index in [4.69, 9.17) is 4.74 Å². The van der Waals surface area contributed by atoms with Crippen molar-refractivity contribution >= 4 is 21.6 Å². The Hall–Kier alpha value is -1.50. The number of nitrogens with zero attached hydrogens (tertiary/aromatic N) is 2. The number of ether oxygens (including phenoxy) is 1. The maximum absolute atomic E-state index is 14.6. The van der Waals surface area contributed by atoms with E-state index in [1.54, 1.807) is 0 Å². The molecule has 0 aromatic heterocycles. The van der Waals surface area contributed by atoms with Crippen LogP contribution in [-0.2, 0) is 4.74 Å². The fraction of sp³-hybridized carbons (Fsp3) is 0.533. The Kier molecular flexibility index (Phi) is 6.29. The van der Waals surface area contributed by atoms with Gasteiger partial charge in [-0.15, -0.1) is 0 Å². The number of hydrazone groups is 1. The number of hydrogen-bond donors (Lipinski definition) is 0. The second kappa shape index (κ2) is 7.73. The Bertz CT molecular complexity index is 730. The van der Waals surface area contributed by atoms with Crippen LogP contribution < -0.4 is 0 Å². The lowest BCUT2D eigenvalue weighted by atomic mass is 9.95. The van der Waals surface area contributed by atoms with E-state index in [-0.39, 0.29) is 30.8 Å². The minimum Gasteiger partial charge on any atom is -0.378 e. The van der Waals surface area contributed by atoms with Crippen LogP contribution in [0.25, 0.3) is 0 Å². The van der Waals surface area contributed by atoms with E-state index in [2.05, 4.69) is 21.0 Å². The van der Waals surface area contributed by atoms with Crippen molar-refractivity contribution in [2.75, 3.05) is 26.3 Å². The number of hydrogen-bond acceptors (Lipinski definition) is 3. The molecule has 158 valence electrons. The largest absolute Gasteiger partial charge is 0.460 e. The van der Waals surface area contributed by atoms with Gasteiger partial charge >= 0.3 is 23.9 Å². The van der Waals surface area contributed by atoms with Gasteiger partial charge in [0.15, 0.2) is 0 Å². The normalized spacial score (nSPS) is 17.8. The van der Waals surface area contributed by atoms with E-state index in [9.17, 15) is 39.5 Å². The molecule has 3 nitrogen and oxygen atoms in total. The van der Waals surface area contributed by atoms with E-state index in [1.165, 1.54) is 6.07 Å². The minimum atomic E-state index is -7.00. The Morgan fingerprint density at radius 3 is 1.93 bits per heavy atom. The number of halogens is 10. The van der Waals surface area contributed by atoms with E-state index in [0.29, 0.717) is 0 Å². The first kappa shape index (κ1) is 22.8. The molecule has 13 heteroatoms. The summed E-state index contributed by atoms with van der Waals surface area (Å²) in [6, 6.07) is 4.39. The second-order valence-electron chi connectivity index (χ2n) is 5.72. The van der Waals surface area contributed by atoms with Crippen molar-refractivity contribution in [2.24, 2.45) is 5.10 Å². The first-order chi connectivity index (χ1) is 12.7. The van der Waals surface area contributed by atoms with E-state index in [1.807, 2.05) is 0 Å². The monoisotopic (exact) mass is 486 g/mol. The molecule has 1 fully saturated rings. The molecule has 1 aromatic rings. The maximum atomic E-state index is 14.6.